The first kappa shape index (κ1) is 21.3. The molecule has 4 rings (SSSR count). The van der Waals surface area contributed by atoms with Crippen LogP contribution in [0.4, 0.5) is 15.2 Å². The number of amides is 2. The Morgan fingerprint density at radius 3 is 2.81 bits per heavy atom. The normalized spacial score (nSPS) is 15.9. The van der Waals surface area contributed by atoms with E-state index >= 15 is 0 Å². The van der Waals surface area contributed by atoms with Gasteiger partial charge in [-0.1, -0.05) is 47.4 Å². The maximum atomic E-state index is 13.0. The maximum absolute atomic E-state index is 13.0. The smallest absolute Gasteiger partial charge is 0.231 e. The van der Waals surface area contributed by atoms with E-state index in [4.69, 9.17) is 4.74 Å². The van der Waals surface area contributed by atoms with Crippen LogP contribution in [0.15, 0.2) is 52.9 Å². The second-order valence-corrected chi connectivity index (χ2v) is 9.05. The number of nitrogens with one attached hydrogen (secondary N) is 1. The van der Waals surface area contributed by atoms with Crippen molar-refractivity contribution in [1.29, 1.82) is 0 Å². The fourth-order valence-corrected chi connectivity index (χ4v) is 4.93. The zero-order valence-corrected chi connectivity index (χ0v) is 18.2. The van der Waals surface area contributed by atoms with E-state index in [1.165, 1.54) is 35.2 Å². The third-order valence-electron chi connectivity index (χ3n) is 4.78. The molecule has 3 aromatic rings. The second-order valence-electron chi connectivity index (χ2n) is 6.85. The third-order valence-corrected chi connectivity index (χ3v) is 6.83. The summed E-state index contributed by atoms with van der Waals surface area (Å²) in [5.74, 6) is 0.0488. The summed E-state index contributed by atoms with van der Waals surface area (Å²) in [5, 5.41) is 11.2. The number of para-hydroxylation sites is 2. The van der Waals surface area contributed by atoms with E-state index in [0.29, 0.717) is 26.7 Å². The van der Waals surface area contributed by atoms with Gasteiger partial charge >= 0.3 is 0 Å². The van der Waals surface area contributed by atoms with Crippen LogP contribution in [0.3, 0.4) is 0 Å². The van der Waals surface area contributed by atoms with Crippen LogP contribution in [0.5, 0.6) is 5.75 Å². The molecule has 1 atom stereocenters. The van der Waals surface area contributed by atoms with Crippen LogP contribution in [0.1, 0.15) is 12.0 Å². The predicted molar refractivity (Wildman–Crippen MR) is 118 cm³/mol. The van der Waals surface area contributed by atoms with Gasteiger partial charge in [-0.3, -0.25) is 9.59 Å². The Morgan fingerprint density at radius 1 is 1.26 bits per heavy atom. The summed E-state index contributed by atoms with van der Waals surface area (Å²) in [7, 11) is 1.55. The van der Waals surface area contributed by atoms with Gasteiger partial charge in [0.05, 0.1) is 18.7 Å². The Labute approximate surface area is 186 Å². The lowest BCUT2D eigenvalue weighted by atomic mass is 10.1. The Bertz CT molecular complexity index is 1090. The zero-order chi connectivity index (χ0) is 21.8. The minimum Gasteiger partial charge on any atom is -0.495 e. The number of nitrogens with zero attached hydrogens (tertiary/aromatic N) is 3. The lowest BCUT2D eigenvalue weighted by molar-refractivity contribution is -0.122. The molecule has 0 unspecified atom stereocenters. The number of hydrogen-bond acceptors (Lipinski definition) is 7. The molecule has 31 heavy (non-hydrogen) atoms. The Kier molecular flexibility index (Phi) is 6.47. The number of benzene rings is 2. The molecule has 0 spiro atoms. The molecule has 1 aromatic heterocycles. The Morgan fingerprint density at radius 2 is 2.03 bits per heavy atom. The molecule has 0 saturated carbocycles. The number of carbonyl (C=O) groups excluding carboxylic acids is 2. The Hall–Kier alpha value is -2.98. The summed E-state index contributed by atoms with van der Waals surface area (Å²) in [6.07, 6.45) is 0.120. The third kappa shape index (κ3) is 5.02. The molecular formula is C21H19FN4O3S2. The van der Waals surface area contributed by atoms with Crippen LogP contribution in [0.25, 0.3) is 0 Å². The first-order valence-corrected chi connectivity index (χ1v) is 11.3. The molecule has 0 bridgehead atoms. The van der Waals surface area contributed by atoms with Crippen molar-refractivity contribution < 1.29 is 18.7 Å². The van der Waals surface area contributed by atoms with Crippen LogP contribution in [-0.2, 0) is 15.3 Å². The van der Waals surface area contributed by atoms with Gasteiger partial charge in [-0.25, -0.2) is 4.39 Å². The van der Waals surface area contributed by atoms with Crippen molar-refractivity contribution in [3.05, 3.63) is 59.9 Å². The van der Waals surface area contributed by atoms with Crippen molar-refractivity contribution >= 4 is 45.7 Å². The van der Waals surface area contributed by atoms with E-state index in [1.54, 1.807) is 36.3 Å². The minimum atomic E-state index is -0.489. The number of carbonyl (C=O) groups is 2. The fraction of sp³-hybridized carbons (Fsp3) is 0.238. The van der Waals surface area contributed by atoms with E-state index in [0.717, 1.165) is 5.56 Å². The molecule has 7 nitrogen and oxygen atoms in total. The van der Waals surface area contributed by atoms with Crippen molar-refractivity contribution in [3.63, 3.8) is 0 Å². The average Bonchev–Trinajstić information content (AvgIpc) is 3.39. The van der Waals surface area contributed by atoms with Crippen molar-refractivity contribution in [1.82, 2.24) is 10.2 Å². The molecule has 1 saturated heterocycles. The highest BCUT2D eigenvalue weighted by Crippen LogP contribution is 2.34. The summed E-state index contributed by atoms with van der Waals surface area (Å²) in [6.45, 7) is 0.274. The average molecular weight is 459 g/mol. The van der Waals surface area contributed by atoms with Gasteiger partial charge in [-0.2, -0.15) is 0 Å². The fourth-order valence-electron chi connectivity index (χ4n) is 3.22. The van der Waals surface area contributed by atoms with Gasteiger partial charge < -0.3 is 15.0 Å². The molecule has 0 radical (unpaired) electrons. The van der Waals surface area contributed by atoms with Crippen LogP contribution in [0.2, 0.25) is 0 Å². The summed E-state index contributed by atoms with van der Waals surface area (Å²) in [6, 6.07) is 13.5. The van der Waals surface area contributed by atoms with E-state index in [2.05, 4.69) is 15.5 Å². The minimum absolute atomic E-state index is 0.120. The van der Waals surface area contributed by atoms with Crippen LogP contribution < -0.4 is 15.0 Å². The monoisotopic (exact) mass is 458 g/mol. The molecule has 1 fully saturated rings. The SMILES string of the molecule is COc1ccccc1N1C[C@@H](C(=O)Nc2nnc(SCc3ccc(F)cc3)s2)CC1=O. The number of halogens is 1. The van der Waals surface area contributed by atoms with Crippen molar-refractivity contribution in [2.24, 2.45) is 5.92 Å². The first-order valence-electron chi connectivity index (χ1n) is 9.48. The van der Waals surface area contributed by atoms with Crippen LogP contribution in [-0.4, -0.2) is 35.7 Å². The lowest BCUT2D eigenvalue weighted by Crippen LogP contribution is -2.28. The molecule has 2 aromatic carbocycles. The number of anilines is 2. The van der Waals surface area contributed by atoms with Gasteiger partial charge in [0.25, 0.3) is 0 Å². The topological polar surface area (TPSA) is 84.4 Å². The number of hydrogen-bond donors (Lipinski definition) is 1. The molecule has 0 aliphatic carbocycles. The maximum Gasteiger partial charge on any atom is 0.231 e. The predicted octanol–water partition coefficient (Wildman–Crippen LogP) is 3.97. The number of rotatable bonds is 7. The second kappa shape index (κ2) is 9.44. The van der Waals surface area contributed by atoms with E-state index in [-0.39, 0.29) is 30.6 Å². The standard InChI is InChI=1S/C21H19FN4O3S2/c1-29-17-5-3-2-4-16(17)26-11-14(10-18(26)27)19(28)23-20-24-25-21(31-20)30-12-13-6-8-15(22)9-7-13/h2-9,14H,10-12H2,1H3,(H,23,24,28)/t14-/m0/s1. The molecule has 2 amide bonds. The molecule has 1 aliphatic rings. The lowest BCUT2D eigenvalue weighted by Gasteiger charge is -2.19. The van der Waals surface area contributed by atoms with Crippen LogP contribution in [0, 0.1) is 11.7 Å². The van der Waals surface area contributed by atoms with Gasteiger partial charge in [0.15, 0.2) is 4.34 Å². The first-order chi connectivity index (χ1) is 15.0. The molecular weight excluding hydrogens is 439 g/mol. The molecule has 1 aliphatic heterocycles. The van der Waals surface area contributed by atoms with Gasteiger partial charge in [0, 0.05) is 18.7 Å². The number of aromatic nitrogens is 2. The highest BCUT2D eigenvalue weighted by atomic mass is 32.2. The summed E-state index contributed by atoms with van der Waals surface area (Å²) in [4.78, 5) is 26.8. The van der Waals surface area contributed by atoms with E-state index in [1.807, 2.05) is 12.1 Å². The number of ether oxygens (including phenoxy) is 1. The van der Waals surface area contributed by atoms with Crippen molar-refractivity contribution in [2.45, 2.75) is 16.5 Å². The van der Waals surface area contributed by atoms with Crippen molar-refractivity contribution in [2.75, 3.05) is 23.9 Å². The number of thioether (sulfide) groups is 1. The molecule has 2 heterocycles. The molecule has 160 valence electrons. The molecule has 1 N–H and O–H groups in total. The zero-order valence-electron chi connectivity index (χ0n) is 16.6. The van der Waals surface area contributed by atoms with Gasteiger partial charge in [0.2, 0.25) is 16.9 Å². The van der Waals surface area contributed by atoms with Gasteiger partial charge in [-0.05, 0) is 29.8 Å². The molecule has 10 heteroatoms. The number of methoxy groups -OCH3 is 1. The summed E-state index contributed by atoms with van der Waals surface area (Å²) >= 11 is 2.72. The summed E-state index contributed by atoms with van der Waals surface area (Å²) in [5.41, 5.74) is 1.62. The summed E-state index contributed by atoms with van der Waals surface area (Å²) < 4.78 is 19.0. The van der Waals surface area contributed by atoms with Gasteiger partial charge in [0.1, 0.15) is 11.6 Å². The van der Waals surface area contributed by atoms with Crippen molar-refractivity contribution in [3.8, 4) is 5.75 Å². The Balaban J connectivity index is 1.34. The van der Waals surface area contributed by atoms with Crippen LogP contribution >= 0.6 is 23.1 Å². The van der Waals surface area contributed by atoms with E-state index in [9.17, 15) is 14.0 Å². The largest absolute Gasteiger partial charge is 0.495 e. The van der Waals surface area contributed by atoms with Gasteiger partial charge in [-0.15, -0.1) is 10.2 Å². The highest BCUT2D eigenvalue weighted by molar-refractivity contribution is 8.00. The van der Waals surface area contributed by atoms with E-state index < -0.39 is 5.92 Å². The quantitative estimate of drug-likeness (QED) is 0.426. The highest BCUT2D eigenvalue weighted by Gasteiger charge is 2.36.